The maximum Gasteiger partial charge on any atom is 0.225 e. The van der Waals surface area contributed by atoms with Crippen molar-refractivity contribution in [2.75, 3.05) is 18.0 Å². The number of hydrogen-bond donors (Lipinski definition) is 1. The minimum absolute atomic E-state index is 0.285. The average molecular weight is 224 g/mol. The lowest BCUT2D eigenvalue weighted by atomic mass is 10.1. The third kappa shape index (κ3) is 2.47. The Kier molecular flexibility index (Phi) is 3.66. The van der Waals surface area contributed by atoms with Crippen molar-refractivity contribution < 1.29 is 4.39 Å². The molecule has 0 saturated carbocycles. The first-order chi connectivity index (χ1) is 7.81. The van der Waals surface area contributed by atoms with E-state index in [0.717, 1.165) is 19.4 Å². The summed E-state index contributed by atoms with van der Waals surface area (Å²) in [7, 11) is 0. The molecule has 1 saturated heterocycles. The molecule has 16 heavy (non-hydrogen) atoms. The van der Waals surface area contributed by atoms with Crippen molar-refractivity contribution in [2.45, 2.75) is 31.7 Å². The number of aromatic nitrogens is 2. The third-order valence-corrected chi connectivity index (χ3v) is 3.01. The van der Waals surface area contributed by atoms with Gasteiger partial charge in [0.25, 0.3) is 0 Å². The molecular weight excluding hydrogens is 207 g/mol. The molecule has 2 heterocycles. The van der Waals surface area contributed by atoms with Crippen LogP contribution in [0.25, 0.3) is 0 Å². The van der Waals surface area contributed by atoms with Crippen molar-refractivity contribution in [3.8, 4) is 0 Å². The molecular formula is C11H17FN4. The fourth-order valence-corrected chi connectivity index (χ4v) is 2.14. The molecule has 2 rings (SSSR count). The molecule has 4 nitrogen and oxygen atoms in total. The predicted octanol–water partition coefficient (Wildman–Crippen LogP) is 1.32. The van der Waals surface area contributed by atoms with Crippen LogP contribution in [0.2, 0.25) is 0 Å². The highest BCUT2D eigenvalue weighted by Gasteiger charge is 2.21. The van der Waals surface area contributed by atoms with Crippen molar-refractivity contribution in [1.29, 1.82) is 0 Å². The lowest BCUT2D eigenvalue weighted by Gasteiger charge is -2.28. The summed E-state index contributed by atoms with van der Waals surface area (Å²) in [5.41, 5.74) is 5.76. The van der Waals surface area contributed by atoms with Crippen LogP contribution in [-0.2, 0) is 0 Å². The summed E-state index contributed by atoms with van der Waals surface area (Å²) in [6.45, 7) is 1.51. The van der Waals surface area contributed by atoms with Crippen molar-refractivity contribution in [3.63, 3.8) is 0 Å². The molecule has 0 bridgehead atoms. The standard InChI is InChI=1S/C11H17FN4/c12-9-7-14-11(15-8-9)16-5-3-1-2-4-10(16)6-13/h7-8,10H,1-6,13H2. The molecule has 2 N–H and O–H groups in total. The van der Waals surface area contributed by atoms with Gasteiger partial charge in [0.2, 0.25) is 5.95 Å². The van der Waals surface area contributed by atoms with Gasteiger partial charge in [0.15, 0.2) is 5.82 Å². The fourth-order valence-electron chi connectivity index (χ4n) is 2.14. The van der Waals surface area contributed by atoms with Crippen LogP contribution in [0.5, 0.6) is 0 Å². The summed E-state index contributed by atoms with van der Waals surface area (Å²) >= 11 is 0. The van der Waals surface area contributed by atoms with E-state index in [1.165, 1.54) is 25.2 Å². The van der Waals surface area contributed by atoms with Gasteiger partial charge in [-0.15, -0.1) is 0 Å². The molecule has 88 valence electrons. The monoisotopic (exact) mass is 224 g/mol. The van der Waals surface area contributed by atoms with E-state index in [0.29, 0.717) is 12.5 Å². The lowest BCUT2D eigenvalue weighted by molar-refractivity contribution is 0.564. The van der Waals surface area contributed by atoms with E-state index in [1.54, 1.807) is 0 Å². The van der Waals surface area contributed by atoms with Crippen molar-refractivity contribution >= 4 is 5.95 Å². The summed E-state index contributed by atoms with van der Waals surface area (Å²) in [6, 6.07) is 0.285. The first-order valence-corrected chi connectivity index (χ1v) is 5.75. The summed E-state index contributed by atoms with van der Waals surface area (Å²) < 4.78 is 12.7. The first kappa shape index (κ1) is 11.3. The Hall–Kier alpha value is -1.23. The van der Waals surface area contributed by atoms with Gasteiger partial charge in [-0.2, -0.15) is 0 Å². The van der Waals surface area contributed by atoms with Gasteiger partial charge in [0, 0.05) is 19.1 Å². The number of nitrogens with two attached hydrogens (primary N) is 1. The third-order valence-electron chi connectivity index (χ3n) is 3.01. The van der Waals surface area contributed by atoms with E-state index in [1.807, 2.05) is 0 Å². The zero-order chi connectivity index (χ0) is 11.4. The minimum atomic E-state index is -0.400. The molecule has 0 aliphatic carbocycles. The van der Waals surface area contributed by atoms with Gasteiger partial charge in [-0.3, -0.25) is 0 Å². The second-order valence-electron chi connectivity index (χ2n) is 4.13. The summed E-state index contributed by atoms with van der Waals surface area (Å²) in [5.74, 6) is 0.196. The molecule has 1 fully saturated rings. The van der Waals surface area contributed by atoms with Crippen molar-refractivity contribution in [1.82, 2.24) is 9.97 Å². The Morgan fingerprint density at radius 2 is 2.06 bits per heavy atom. The first-order valence-electron chi connectivity index (χ1n) is 5.75. The van der Waals surface area contributed by atoms with Gasteiger partial charge in [-0.1, -0.05) is 12.8 Å². The normalized spacial score (nSPS) is 21.9. The number of halogens is 1. The molecule has 0 radical (unpaired) electrons. The van der Waals surface area contributed by atoms with E-state index in [-0.39, 0.29) is 6.04 Å². The van der Waals surface area contributed by atoms with Crippen LogP contribution in [0.3, 0.4) is 0 Å². The average Bonchev–Trinajstić information content (AvgIpc) is 2.55. The largest absolute Gasteiger partial charge is 0.337 e. The zero-order valence-corrected chi connectivity index (χ0v) is 9.27. The summed E-state index contributed by atoms with van der Waals surface area (Å²) in [5, 5.41) is 0. The maximum atomic E-state index is 12.7. The molecule has 0 spiro atoms. The molecule has 1 unspecified atom stereocenters. The van der Waals surface area contributed by atoms with Gasteiger partial charge >= 0.3 is 0 Å². The van der Waals surface area contributed by atoms with Gasteiger partial charge in [-0.25, -0.2) is 14.4 Å². The van der Waals surface area contributed by atoms with Crippen LogP contribution in [0.4, 0.5) is 10.3 Å². The van der Waals surface area contributed by atoms with E-state index >= 15 is 0 Å². The van der Waals surface area contributed by atoms with E-state index in [4.69, 9.17) is 5.73 Å². The summed E-state index contributed by atoms with van der Waals surface area (Å²) in [4.78, 5) is 10.2. The predicted molar refractivity (Wildman–Crippen MR) is 60.6 cm³/mol. The number of anilines is 1. The smallest absolute Gasteiger partial charge is 0.225 e. The van der Waals surface area contributed by atoms with Crippen LogP contribution < -0.4 is 10.6 Å². The lowest BCUT2D eigenvalue weighted by Crippen LogP contribution is -2.41. The Labute approximate surface area is 94.7 Å². The second kappa shape index (κ2) is 5.21. The molecule has 1 aromatic rings. The summed E-state index contributed by atoms with van der Waals surface area (Å²) in [6.07, 6.45) is 7.02. The molecule has 1 atom stereocenters. The molecule has 5 heteroatoms. The molecule has 1 aromatic heterocycles. The Bertz CT molecular complexity index is 327. The highest BCUT2D eigenvalue weighted by molar-refractivity contribution is 5.31. The Balaban J connectivity index is 2.18. The maximum absolute atomic E-state index is 12.7. The van der Waals surface area contributed by atoms with Crippen LogP contribution in [0, 0.1) is 5.82 Å². The van der Waals surface area contributed by atoms with Gasteiger partial charge in [-0.05, 0) is 12.8 Å². The van der Waals surface area contributed by atoms with E-state index < -0.39 is 5.82 Å². The van der Waals surface area contributed by atoms with Crippen LogP contribution in [-0.4, -0.2) is 29.1 Å². The molecule has 0 aromatic carbocycles. The quantitative estimate of drug-likeness (QED) is 0.823. The van der Waals surface area contributed by atoms with Crippen LogP contribution in [0.15, 0.2) is 12.4 Å². The van der Waals surface area contributed by atoms with Crippen molar-refractivity contribution in [3.05, 3.63) is 18.2 Å². The zero-order valence-electron chi connectivity index (χ0n) is 9.27. The Morgan fingerprint density at radius 1 is 1.31 bits per heavy atom. The second-order valence-corrected chi connectivity index (χ2v) is 4.13. The van der Waals surface area contributed by atoms with Gasteiger partial charge < -0.3 is 10.6 Å². The van der Waals surface area contributed by atoms with E-state index in [2.05, 4.69) is 14.9 Å². The van der Waals surface area contributed by atoms with Crippen molar-refractivity contribution in [2.24, 2.45) is 5.73 Å². The molecule has 1 aliphatic rings. The topological polar surface area (TPSA) is 55.0 Å². The molecule has 0 amide bonds. The molecule has 1 aliphatic heterocycles. The fraction of sp³-hybridized carbons (Fsp3) is 0.636. The highest BCUT2D eigenvalue weighted by Crippen LogP contribution is 2.20. The minimum Gasteiger partial charge on any atom is -0.337 e. The van der Waals surface area contributed by atoms with Gasteiger partial charge in [0.05, 0.1) is 12.4 Å². The van der Waals surface area contributed by atoms with E-state index in [9.17, 15) is 4.39 Å². The SMILES string of the molecule is NCC1CCCCCN1c1ncc(F)cn1. The van der Waals surface area contributed by atoms with Crippen LogP contribution in [0.1, 0.15) is 25.7 Å². The Morgan fingerprint density at radius 3 is 2.75 bits per heavy atom. The number of rotatable bonds is 2. The van der Waals surface area contributed by atoms with Gasteiger partial charge in [0.1, 0.15) is 0 Å². The number of nitrogens with zero attached hydrogens (tertiary/aromatic N) is 3. The highest BCUT2D eigenvalue weighted by atomic mass is 19.1. The number of hydrogen-bond acceptors (Lipinski definition) is 4. The van der Waals surface area contributed by atoms with Crippen LogP contribution >= 0.6 is 0 Å².